The molecule has 0 fully saturated rings. The van der Waals surface area contributed by atoms with E-state index in [4.69, 9.17) is 10.5 Å². The Hall–Kier alpha value is -1.58. The van der Waals surface area contributed by atoms with Crippen molar-refractivity contribution in [3.05, 3.63) is 24.0 Å². The number of nitrogen functional groups attached to an aromatic ring is 1. The molecule has 1 aromatic rings. The quantitative estimate of drug-likeness (QED) is 0.584. The van der Waals surface area contributed by atoms with Crippen molar-refractivity contribution < 1.29 is 9.53 Å². The molecule has 0 saturated carbocycles. The van der Waals surface area contributed by atoms with Crippen LogP contribution in [-0.2, 0) is 4.74 Å². The third kappa shape index (κ3) is 5.33. The first kappa shape index (κ1) is 13.5. The van der Waals surface area contributed by atoms with Gasteiger partial charge in [-0.1, -0.05) is 32.6 Å². The van der Waals surface area contributed by atoms with Crippen molar-refractivity contribution in [3.8, 4) is 0 Å². The zero-order valence-corrected chi connectivity index (χ0v) is 10.3. The van der Waals surface area contributed by atoms with Crippen LogP contribution in [0.5, 0.6) is 0 Å². The number of rotatable bonds is 7. The van der Waals surface area contributed by atoms with Gasteiger partial charge in [0, 0.05) is 0 Å². The van der Waals surface area contributed by atoms with Gasteiger partial charge in [-0.25, -0.2) is 9.78 Å². The van der Waals surface area contributed by atoms with Crippen molar-refractivity contribution in [2.24, 2.45) is 0 Å². The molecule has 2 N–H and O–H groups in total. The molecule has 0 aromatic carbocycles. The van der Waals surface area contributed by atoms with E-state index in [9.17, 15) is 4.79 Å². The molecule has 4 heteroatoms. The maximum Gasteiger partial charge on any atom is 0.356 e. The molecule has 1 aromatic heterocycles. The number of aromatic nitrogens is 1. The topological polar surface area (TPSA) is 65.2 Å². The maximum absolute atomic E-state index is 11.5. The molecule has 4 nitrogen and oxygen atoms in total. The molecular formula is C13H20N2O2. The Morgan fingerprint density at radius 2 is 2.06 bits per heavy atom. The van der Waals surface area contributed by atoms with Crippen LogP contribution >= 0.6 is 0 Å². The molecule has 0 aliphatic heterocycles. The van der Waals surface area contributed by atoms with Crippen LogP contribution in [0.25, 0.3) is 0 Å². The Balaban J connectivity index is 2.19. The standard InChI is InChI=1S/C13H20N2O2/c1-2-3-4-5-6-9-17-13(16)12-8-7-11(14)10-15-12/h7-8,10H,2-6,9,14H2,1H3. The van der Waals surface area contributed by atoms with Crippen molar-refractivity contribution in [1.29, 1.82) is 0 Å². The second-order valence-corrected chi connectivity index (χ2v) is 4.03. The summed E-state index contributed by atoms with van der Waals surface area (Å²) >= 11 is 0. The lowest BCUT2D eigenvalue weighted by Crippen LogP contribution is -2.08. The number of esters is 1. The van der Waals surface area contributed by atoms with E-state index in [-0.39, 0.29) is 5.97 Å². The summed E-state index contributed by atoms with van der Waals surface area (Å²) < 4.78 is 5.11. The molecule has 0 amide bonds. The molecule has 0 unspecified atom stereocenters. The molecule has 0 aliphatic carbocycles. The van der Waals surface area contributed by atoms with Crippen molar-refractivity contribution in [2.75, 3.05) is 12.3 Å². The second-order valence-electron chi connectivity index (χ2n) is 4.03. The Morgan fingerprint density at radius 3 is 2.71 bits per heavy atom. The Kier molecular flexibility index (Phi) is 6.07. The molecule has 0 aliphatic rings. The van der Waals surface area contributed by atoms with Gasteiger partial charge >= 0.3 is 5.97 Å². The van der Waals surface area contributed by atoms with Crippen LogP contribution in [0, 0.1) is 0 Å². The molecule has 17 heavy (non-hydrogen) atoms. The van der Waals surface area contributed by atoms with Crippen LogP contribution in [0.3, 0.4) is 0 Å². The molecule has 0 saturated heterocycles. The lowest BCUT2D eigenvalue weighted by atomic mass is 10.2. The summed E-state index contributed by atoms with van der Waals surface area (Å²) in [4.78, 5) is 15.4. The summed E-state index contributed by atoms with van der Waals surface area (Å²) in [6.07, 6.45) is 7.14. The molecule has 0 atom stereocenters. The van der Waals surface area contributed by atoms with Crippen LogP contribution < -0.4 is 5.73 Å². The predicted octanol–water partition coefficient (Wildman–Crippen LogP) is 2.79. The fourth-order valence-corrected chi connectivity index (χ4v) is 1.47. The molecule has 0 radical (unpaired) electrons. The maximum atomic E-state index is 11.5. The summed E-state index contributed by atoms with van der Waals surface area (Å²) in [5, 5.41) is 0. The van der Waals surface area contributed by atoms with E-state index < -0.39 is 0 Å². The van der Waals surface area contributed by atoms with Crippen LogP contribution in [0.4, 0.5) is 5.69 Å². The molecule has 94 valence electrons. The van der Waals surface area contributed by atoms with Crippen LogP contribution in [0.1, 0.15) is 49.5 Å². The number of carbonyl (C=O) groups is 1. The zero-order chi connectivity index (χ0) is 12.5. The molecule has 0 bridgehead atoms. The molecule has 1 rings (SSSR count). The van der Waals surface area contributed by atoms with E-state index in [1.807, 2.05) is 0 Å². The Labute approximate surface area is 102 Å². The second kappa shape index (κ2) is 7.65. The van der Waals surface area contributed by atoms with Crippen LogP contribution in [0.2, 0.25) is 0 Å². The number of nitrogens with two attached hydrogens (primary N) is 1. The lowest BCUT2D eigenvalue weighted by Gasteiger charge is -2.04. The van der Waals surface area contributed by atoms with E-state index in [0.29, 0.717) is 18.0 Å². The van der Waals surface area contributed by atoms with E-state index in [0.717, 1.165) is 12.8 Å². The van der Waals surface area contributed by atoms with Crippen LogP contribution in [0.15, 0.2) is 18.3 Å². The van der Waals surface area contributed by atoms with Crippen molar-refractivity contribution in [3.63, 3.8) is 0 Å². The third-order valence-electron chi connectivity index (χ3n) is 2.48. The van der Waals surface area contributed by atoms with Crippen molar-refractivity contribution in [1.82, 2.24) is 4.98 Å². The van der Waals surface area contributed by atoms with Gasteiger partial charge < -0.3 is 10.5 Å². The minimum Gasteiger partial charge on any atom is -0.461 e. The summed E-state index contributed by atoms with van der Waals surface area (Å²) in [6, 6.07) is 3.22. The number of carbonyl (C=O) groups excluding carboxylic acids is 1. The van der Waals surface area contributed by atoms with Gasteiger partial charge in [0.2, 0.25) is 0 Å². The van der Waals surface area contributed by atoms with Gasteiger partial charge in [-0.3, -0.25) is 0 Å². The van der Waals surface area contributed by atoms with Crippen molar-refractivity contribution in [2.45, 2.75) is 39.0 Å². The summed E-state index contributed by atoms with van der Waals surface area (Å²) in [5.41, 5.74) is 6.34. The highest BCUT2D eigenvalue weighted by Gasteiger charge is 2.07. The van der Waals surface area contributed by atoms with Crippen LogP contribution in [-0.4, -0.2) is 17.6 Å². The highest BCUT2D eigenvalue weighted by atomic mass is 16.5. The molecule has 1 heterocycles. The largest absolute Gasteiger partial charge is 0.461 e. The summed E-state index contributed by atoms with van der Waals surface area (Å²) in [5.74, 6) is -0.375. The Bertz CT molecular complexity index is 336. The molecular weight excluding hydrogens is 216 g/mol. The number of ether oxygens (including phenoxy) is 1. The van der Waals surface area contributed by atoms with Gasteiger partial charge in [0.1, 0.15) is 5.69 Å². The first-order valence-corrected chi connectivity index (χ1v) is 6.12. The van der Waals surface area contributed by atoms with Crippen molar-refractivity contribution >= 4 is 11.7 Å². The number of pyridine rings is 1. The van der Waals surface area contributed by atoms with E-state index in [1.54, 1.807) is 12.1 Å². The van der Waals surface area contributed by atoms with Gasteiger partial charge in [-0.15, -0.1) is 0 Å². The predicted molar refractivity (Wildman–Crippen MR) is 67.7 cm³/mol. The number of nitrogens with zero attached hydrogens (tertiary/aromatic N) is 1. The fourth-order valence-electron chi connectivity index (χ4n) is 1.47. The Morgan fingerprint density at radius 1 is 1.29 bits per heavy atom. The normalized spacial score (nSPS) is 10.2. The number of anilines is 1. The van der Waals surface area contributed by atoms with Gasteiger partial charge in [-0.05, 0) is 18.6 Å². The number of unbranched alkanes of at least 4 members (excludes halogenated alkanes) is 4. The average molecular weight is 236 g/mol. The zero-order valence-electron chi connectivity index (χ0n) is 10.3. The smallest absolute Gasteiger partial charge is 0.356 e. The fraction of sp³-hybridized carbons (Fsp3) is 0.538. The first-order chi connectivity index (χ1) is 8.24. The van der Waals surface area contributed by atoms with E-state index in [2.05, 4.69) is 11.9 Å². The third-order valence-corrected chi connectivity index (χ3v) is 2.48. The number of hydrogen-bond donors (Lipinski definition) is 1. The van der Waals surface area contributed by atoms with Gasteiger partial charge in [-0.2, -0.15) is 0 Å². The molecule has 0 spiro atoms. The summed E-state index contributed by atoms with van der Waals surface area (Å²) in [6.45, 7) is 2.64. The minimum absolute atomic E-state index is 0.313. The van der Waals surface area contributed by atoms with E-state index in [1.165, 1.54) is 25.5 Å². The minimum atomic E-state index is -0.375. The van der Waals surface area contributed by atoms with Gasteiger partial charge in [0.05, 0.1) is 18.5 Å². The monoisotopic (exact) mass is 236 g/mol. The van der Waals surface area contributed by atoms with E-state index >= 15 is 0 Å². The summed E-state index contributed by atoms with van der Waals surface area (Å²) in [7, 11) is 0. The highest BCUT2D eigenvalue weighted by Crippen LogP contribution is 2.05. The SMILES string of the molecule is CCCCCCCOC(=O)c1ccc(N)cn1. The number of hydrogen-bond acceptors (Lipinski definition) is 4. The first-order valence-electron chi connectivity index (χ1n) is 6.12. The lowest BCUT2D eigenvalue weighted by molar-refractivity contribution is 0.0491. The van der Waals surface area contributed by atoms with Gasteiger partial charge in [0.15, 0.2) is 0 Å². The average Bonchev–Trinajstić information content (AvgIpc) is 2.34. The van der Waals surface area contributed by atoms with Gasteiger partial charge in [0.25, 0.3) is 0 Å². The highest BCUT2D eigenvalue weighted by molar-refractivity contribution is 5.87.